The fourth-order valence-electron chi connectivity index (χ4n) is 2.59. The van der Waals surface area contributed by atoms with Gasteiger partial charge in [0.05, 0.1) is 12.2 Å². The van der Waals surface area contributed by atoms with Crippen LogP contribution in [0.1, 0.15) is 36.7 Å². The minimum Gasteiger partial charge on any atom is -0.357 e. The van der Waals surface area contributed by atoms with Crippen LogP contribution in [-0.4, -0.2) is 45.8 Å². The third-order valence-corrected chi connectivity index (χ3v) is 4.56. The Balaban J connectivity index is 0.00000364. The summed E-state index contributed by atoms with van der Waals surface area (Å²) >= 11 is 1.89. The smallest absolute Gasteiger partial charge is 0.191 e. The van der Waals surface area contributed by atoms with E-state index in [-0.39, 0.29) is 24.0 Å². The maximum Gasteiger partial charge on any atom is 0.191 e. The quantitative estimate of drug-likeness (QED) is 0.237. The van der Waals surface area contributed by atoms with E-state index in [9.17, 15) is 0 Å². The first-order chi connectivity index (χ1) is 12.6. The summed E-state index contributed by atoms with van der Waals surface area (Å²) in [5, 5.41) is 11.2. The molecule has 2 aromatic rings. The highest BCUT2D eigenvalue weighted by Gasteiger charge is 2.05. The summed E-state index contributed by atoms with van der Waals surface area (Å²) in [5.41, 5.74) is 3.16. The molecule has 0 amide bonds. The molecule has 0 spiro atoms. The standard InChI is InChI=1S/C19H30N6S.HI/c1-5-20-19(21-10-6-7-11-26-4)23-14-17-8-9-18(22-13-17)25-16(3)12-15(2)24-25;/h8-9,12-13H,5-7,10-11,14H2,1-4H3,(H2,20,21,23);1H. The Kier molecular flexibility index (Phi) is 11.4. The maximum absolute atomic E-state index is 4.65. The molecule has 2 N–H and O–H groups in total. The lowest BCUT2D eigenvalue weighted by Gasteiger charge is -2.11. The molecule has 0 radical (unpaired) electrons. The molecule has 2 aromatic heterocycles. The molecule has 0 saturated carbocycles. The molecule has 0 aliphatic carbocycles. The Morgan fingerprint density at radius 2 is 2.04 bits per heavy atom. The second kappa shape index (κ2) is 13.0. The molecule has 0 aliphatic heterocycles. The van der Waals surface area contributed by atoms with E-state index in [4.69, 9.17) is 0 Å². The van der Waals surface area contributed by atoms with Gasteiger partial charge >= 0.3 is 0 Å². The Hall–Kier alpha value is -1.29. The van der Waals surface area contributed by atoms with Gasteiger partial charge in [0.15, 0.2) is 11.8 Å². The summed E-state index contributed by atoms with van der Waals surface area (Å²) in [6, 6.07) is 6.10. The molecule has 0 aliphatic rings. The van der Waals surface area contributed by atoms with Gasteiger partial charge in [-0.1, -0.05) is 6.07 Å². The van der Waals surface area contributed by atoms with Gasteiger partial charge in [-0.2, -0.15) is 16.9 Å². The molecule has 0 unspecified atom stereocenters. The van der Waals surface area contributed by atoms with Crippen LogP contribution >= 0.6 is 35.7 Å². The zero-order valence-corrected chi connectivity index (χ0v) is 19.8. The number of aryl methyl sites for hydroxylation is 2. The first kappa shape index (κ1) is 23.7. The van der Waals surface area contributed by atoms with Crippen LogP contribution < -0.4 is 10.6 Å². The van der Waals surface area contributed by atoms with Crippen molar-refractivity contribution >= 4 is 41.7 Å². The van der Waals surface area contributed by atoms with Gasteiger partial charge in [-0.05, 0) is 63.3 Å². The molecule has 8 heteroatoms. The van der Waals surface area contributed by atoms with E-state index in [1.165, 1.54) is 12.2 Å². The number of rotatable bonds is 9. The second-order valence-corrected chi connectivity index (χ2v) is 7.17. The van der Waals surface area contributed by atoms with Crippen LogP contribution in [0.15, 0.2) is 29.4 Å². The molecular weight excluding hydrogens is 471 g/mol. The lowest BCUT2D eigenvalue weighted by atomic mass is 10.3. The number of halogens is 1. The lowest BCUT2D eigenvalue weighted by molar-refractivity contribution is 0.734. The van der Waals surface area contributed by atoms with Gasteiger partial charge in [-0.3, -0.25) is 0 Å². The van der Waals surface area contributed by atoms with Gasteiger partial charge in [-0.15, -0.1) is 24.0 Å². The second-order valence-electron chi connectivity index (χ2n) is 6.19. The monoisotopic (exact) mass is 502 g/mol. The molecule has 6 nitrogen and oxygen atoms in total. The maximum atomic E-state index is 4.65. The fourth-order valence-corrected chi connectivity index (χ4v) is 3.08. The number of aliphatic imine (C=N–C) groups is 1. The van der Waals surface area contributed by atoms with E-state index >= 15 is 0 Å². The van der Waals surface area contributed by atoms with Crippen LogP contribution in [0.5, 0.6) is 0 Å². The van der Waals surface area contributed by atoms with Crippen molar-refractivity contribution < 1.29 is 0 Å². The molecule has 27 heavy (non-hydrogen) atoms. The van der Waals surface area contributed by atoms with E-state index in [2.05, 4.69) is 45.0 Å². The van der Waals surface area contributed by atoms with E-state index < -0.39 is 0 Å². The number of hydrogen-bond acceptors (Lipinski definition) is 4. The number of nitrogens with one attached hydrogen (secondary N) is 2. The Bertz CT molecular complexity index is 699. The lowest BCUT2D eigenvalue weighted by Crippen LogP contribution is -2.37. The average molecular weight is 502 g/mol. The van der Waals surface area contributed by atoms with Gasteiger partial charge in [0.2, 0.25) is 0 Å². The summed E-state index contributed by atoms with van der Waals surface area (Å²) < 4.78 is 1.86. The zero-order valence-electron chi connectivity index (χ0n) is 16.7. The number of nitrogens with zero attached hydrogens (tertiary/aromatic N) is 4. The molecule has 150 valence electrons. The predicted octanol–water partition coefficient (Wildman–Crippen LogP) is 3.70. The van der Waals surface area contributed by atoms with Crippen molar-refractivity contribution in [3.05, 3.63) is 41.3 Å². The number of hydrogen-bond donors (Lipinski definition) is 2. The fraction of sp³-hybridized carbons (Fsp3) is 0.526. The van der Waals surface area contributed by atoms with Crippen LogP contribution in [0.25, 0.3) is 5.82 Å². The molecule has 0 bridgehead atoms. The van der Waals surface area contributed by atoms with Crippen molar-refractivity contribution in [1.82, 2.24) is 25.4 Å². The molecule has 0 atom stereocenters. The molecule has 0 saturated heterocycles. The topological polar surface area (TPSA) is 67.1 Å². The largest absolute Gasteiger partial charge is 0.357 e. The van der Waals surface area contributed by atoms with Crippen LogP contribution in [0.3, 0.4) is 0 Å². The number of aromatic nitrogens is 3. The van der Waals surface area contributed by atoms with Gasteiger partial charge in [-0.25, -0.2) is 14.7 Å². The number of guanidine groups is 1. The van der Waals surface area contributed by atoms with Crippen molar-refractivity contribution in [3.8, 4) is 5.82 Å². The highest BCUT2D eigenvalue weighted by atomic mass is 127. The highest BCUT2D eigenvalue weighted by Crippen LogP contribution is 2.10. The summed E-state index contributed by atoms with van der Waals surface area (Å²) in [5.74, 6) is 2.91. The highest BCUT2D eigenvalue weighted by molar-refractivity contribution is 14.0. The number of unbranched alkanes of at least 4 members (excludes halogenated alkanes) is 1. The average Bonchev–Trinajstić information content (AvgIpc) is 2.98. The molecule has 0 fully saturated rings. The predicted molar refractivity (Wildman–Crippen MR) is 127 cm³/mol. The van der Waals surface area contributed by atoms with Crippen molar-refractivity contribution in [1.29, 1.82) is 0 Å². The zero-order chi connectivity index (χ0) is 18.8. The van der Waals surface area contributed by atoms with Crippen molar-refractivity contribution in [2.45, 2.75) is 40.2 Å². The molecule has 2 heterocycles. The van der Waals surface area contributed by atoms with E-state index in [0.717, 1.165) is 48.2 Å². The Morgan fingerprint density at radius 3 is 2.63 bits per heavy atom. The first-order valence-electron chi connectivity index (χ1n) is 9.13. The first-order valence-corrected chi connectivity index (χ1v) is 10.5. The van der Waals surface area contributed by atoms with E-state index in [1.54, 1.807) is 0 Å². The van der Waals surface area contributed by atoms with Crippen LogP contribution in [0.4, 0.5) is 0 Å². The summed E-state index contributed by atoms with van der Waals surface area (Å²) in [4.78, 5) is 9.18. The van der Waals surface area contributed by atoms with Crippen LogP contribution in [-0.2, 0) is 6.54 Å². The van der Waals surface area contributed by atoms with Crippen LogP contribution in [0.2, 0.25) is 0 Å². The normalized spacial score (nSPS) is 11.2. The molecule has 2 rings (SSSR count). The minimum atomic E-state index is 0. The summed E-state index contributed by atoms with van der Waals surface area (Å²) in [7, 11) is 0. The third kappa shape index (κ3) is 8.08. The summed E-state index contributed by atoms with van der Waals surface area (Å²) in [6.07, 6.45) is 6.40. The van der Waals surface area contributed by atoms with Gasteiger partial charge < -0.3 is 10.6 Å². The van der Waals surface area contributed by atoms with Gasteiger partial charge in [0.1, 0.15) is 0 Å². The van der Waals surface area contributed by atoms with E-state index in [0.29, 0.717) is 6.54 Å². The summed E-state index contributed by atoms with van der Waals surface area (Å²) in [6.45, 7) is 8.50. The van der Waals surface area contributed by atoms with Gasteiger partial charge in [0.25, 0.3) is 0 Å². The van der Waals surface area contributed by atoms with Crippen LogP contribution in [0, 0.1) is 13.8 Å². The SMILES string of the molecule is CCNC(=NCc1ccc(-n2nc(C)cc2C)nc1)NCCCCSC.I. The molecular formula is C19H31IN6S. The van der Waals surface area contributed by atoms with E-state index in [1.807, 2.05) is 48.6 Å². The van der Waals surface area contributed by atoms with Gasteiger partial charge in [0, 0.05) is 25.0 Å². The molecule has 0 aromatic carbocycles. The minimum absolute atomic E-state index is 0. The van der Waals surface area contributed by atoms with Crippen molar-refractivity contribution in [2.24, 2.45) is 4.99 Å². The Morgan fingerprint density at radius 1 is 1.22 bits per heavy atom. The Labute approximate surface area is 184 Å². The van der Waals surface area contributed by atoms with Crippen molar-refractivity contribution in [2.75, 3.05) is 25.1 Å². The number of pyridine rings is 1. The van der Waals surface area contributed by atoms with Crippen molar-refractivity contribution in [3.63, 3.8) is 0 Å². The number of thioether (sulfide) groups is 1. The third-order valence-electron chi connectivity index (χ3n) is 3.87.